The molecule has 0 saturated heterocycles. The van der Waals surface area contributed by atoms with E-state index in [0.29, 0.717) is 0 Å². The molecule has 0 aliphatic heterocycles. The van der Waals surface area contributed by atoms with E-state index in [0.717, 1.165) is 10.2 Å². The molecule has 1 heterocycles. The van der Waals surface area contributed by atoms with Crippen LogP contribution in [0.2, 0.25) is 0 Å². The molecule has 2 nitrogen and oxygen atoms in total. The Morgan fingerprint density at radius 2 is 1.50 bits per heavy atom. The first kappa shape index (κ1) is 11.2. The molecule has 0 radical (unpaired) electrons. The molecule has 0 aliphatic rings. The Hall–Kier alpha value is -1.87. The molecule has 3 aromatic rings. The highest BCUT2D eigenvalue weighted by atomic mass is 79.9. The second-order valence-electron chi connectivity index (χ2n) is 4.02. The van der Waals surface area contributed by atoms with Crippen LogP contribution in [0.1, 0.15) is 0 Å². The van der Waals surface area contributed by atoms with E-state index in [1.54, 1.807) is 6.20 Å². The van der Waals surface area contributed by atoms with Crippen LogP contribution < -0.4 is 0 Å². The summed E-state index contributed by atoms with van der Waals surface area (Å²) in [5, 5.41) is 4.26. The third kappa shape index (κ3) is 2.22. The zero-order valence-electron chi connectivity index (χ0n) is 9.62. The number of rotatable bonds is 2. The molecule has 1 aromatic heterocycles. The topological polar surface area (TPSA) is 17.8 Å². The van der Waals surface area contributed by atoms with Crippen molar-refractivity contribution in [3.63, 3.8) is 0 Å². The SMILES string of the molecule is Brc1cnn(-c2ccc(-c3ccccc3)cc2)c1. The van der Waals surface area contributed by atoms with Gasteiger partial charge in [-0.05, 0) is 39.2 Å². The van der Waals surface area contributed by atoms with Gasteiger partial charge in [0.2, 0.25) is 0 Å². The van der Waals surface area contributed by atoms with Crippen LogP contribution in [-0.4, -0.2) is 9.78 Å². The maximum absolute atomic E-state index is 4.26. The van der Waals surface area contributed by atoms with Gasteiger partial charge in [0.1, 0.15) is 0 Å². The van der Waals surface area contributed by atoms with E-state index >= 15 is 0 Å². The molecule has 18 heavy (non-hydrogen) atoms. The minimum atomic E-state index is 0.981. The van der Waals surface area contributed by atoms with Crippen molar-refractivity contribution in [3.05, 3.63) is 71.5 Å². The summed E-state index contributed by atoms with van der Waals surface area (Å²) in [5.41, 5.74) is 3.50. The largest absolute Gasteiger partial charge is 0.240 e. The van der Waals surface area contributed by atoms with Crippen molar-refractivity contribution in [3.8, 4) is 16.8 Å². The summed E-state index contributed by atoms with van der Waals surface area (Å²) >= 11 is 3.40. The summed E-state index contributed by atoms with van der Waals surface area (Å²) < 4.78 is 2.83. The fourth-order valence-electron chi connectivity index (χ4n) is 1.88. The molecule has 2 aromatic carbocycles. The molecule has 3 heteroatoms. The Morgan fingerprint density at radius 3 is 2.11 bits per heavy atom. The van der Waals surface area contributed by atoms with Crippen molar-refractivity contribution in [1.29, 1.82) is 0 Å². The van der Waals surface area contributed by atoms with Gasteiger partial charge in [0.25, 0.3) is 0 Å². The maximum Gasteiger partial charge on any atom is 0.0646 e. The highest BCUT2D eigenvalue weighted by Crippen LogP contribution is 2.21. The summed E-state index contributed by atoms with van der Waals surface area (Å²) in [6.07, 6.45) is 3.72. The van der Waals surface area contributed by atoms with Gasteiger partial charge < -0.3 is 0 Å². The normalized spacial score (nSPS) is 10.5. The van der Waals surface area contributed by atoms with E-state index in [4.69, 9.17) is 0 Å². The molecule has 0 bridgehead atoms. The molecule has 0 fully saturated rings. The van der Waals surface area contributed by atoms with Gasteiger partial charge in [-0.1, -0.05) is 42.5 Å². The second-order valence-corrected chi connectivity index (χ2v) is 4.93. The Balaban J connectivity index is 1.94. The quantitative estimate of drug-likeness (QED) is 0.690. The van der Waals surface area contributed by atoms with Gasteiger partial charge in [-0.15, -0.1) is 0 Å². The molecule has 0 saturated carbocycles. The average molecular weight is 299 g/mol. The highest BCUT2D eigenvalue weighted by molar-refractivity contribution is 9.10. The van der Waals surface area contributed by atoms with Crippen molar-refractivity contribution >= 4 is 15.9 Å². The molecular formula is C15H11BrN2. The van der Waals surface area contributed by atoms with Gasteiger partial charge in [0.15, 0.2) is 0 Å². The zero-order valence-corrected chi connectivity index (χ0v) is 11.2. The van der Waals surface area contributed by atoms with Gasteiger partial charge >= 0.3 is 0 Å². The van der Waals surface area contributed by atoms with Crippen LogP contribution in [0.5, 0.6) is 0 Å². The summed E-state index contributed by atoms with van der Waals surface area (Å²) in [4.78, 5) is 0. The van der Waals surface area contributed by atoms with Gasteiger partial charge in [-0.2, -0.15) is 5.10 Å². The molecule has 0 atom stereocenters. The summed E-state index contributed by atoms with van der Waals surface area (Å²) in [6, 6.07) is 18.7. The number of nitrogens with zero attached hydrogens (tertiary/aromatic N) is 2. The number of hydrogen-bond acceptors (Lipinski definition) is 1. The fourth-order valence-corrected chi connectivity index (χ4v) is 2.16. The highest BCUT2D eigenvalue weighted by Gasteiger charge is 2.00. The van der Waals surface area contributed by atoms with Crippen LogP contribution in [0.25, 0.3) is 16.8 Å². The second kappa shape index (κ2) is 4.78. The van der Waals surface area contributed by atoms with E-state index in [9.17, 15) is 0 Å². The first-order valence-electron chi connectivity index (χ1n) is 5.69. The predicted octanol–water partition coefficient (Wildman–Crippen LogP) is 4.30. The number of hydrogen-bond donors (Lipinski definition) is 0. The van der Waals surface area contributed by atoms with Crippen LogP contribution in [0.4, 0.5) is 0 Å². The lowest BCUT2D eigenvalue weighted by Gasteiger charge is -2.04. The first-order chi connectivity index (χ1) is 8.83. The van der Waals surface area contributed by atoms with E-state index in [1.807, 2.05) is 29.1 Å². The van der Waals surface area contributed by atoms with Gasteiger partial charge in [0.05, 0.1) is 16.4 Å². The zero-order chi connectivity index (χ0) is 12.4. The van der Waals surface area contributed by atoms with Gasteiger partial charge in [-0.3, -0.25) is 0 Å². The van der Waals surface area contributed by atoms with Crippen LogP contribution >= 0.6 is 15.9 Å². The average Bonchev–Trinajstić information content (AvgIpc) is 2.87. The fraction of sp³-hybridized carbons (Fsp3) is 0. The standard InChI is InChI=1S/C15H11BrN2/c16-14-10-17-18(11-14)15-8-6-13(7-9-15)12-4-2-1-3-5-12/h1-11H. The van der Waals surface area contributed by atoms with Crippen LogP contribution in [0, 0.1) is 0 Å². The summed E-state index contributed by atoms with van der Waals surface area (Å²) in [6.45, 7) is 0. The lowest BCUT2D eigenvalue weighted by Crippen LogP contribution is -1.93. The van der Waals surface area contributed by atoms with Crippen LogP contribution in [-0.2, 0) is 0 Å². The molecule has 0 aliphatic carbocycles. The Kier molecular flexibility index (Phi) is 2.99. The Labute approximate surface area is 114 Å². The van der Waals surface area contributed by atoms with E-state index < -0.39 is 0 Å². The molecule has 0 amide bonds. The van der Waals surface area contributed by atoms with Gasteiger partial charge in [0, 0.05) is 6.20 Å². The lowest BCUT2D eigenvalue weighted by atomic mass is 10.1. The van der Waals surface area contributed by atoms with Crippen molar-refractivity contribution in [1.82, 2.24) is 9.78 Å². The molecule has 0 N–H and O–H groups in total. The van der Waals surface area contributed by atoms with E-state index in [1.165, 1.54) is 11.1 Å². The maximum atomic E-state index is 4.26. The monoisotopic (exact) mass is 298 g/mol. The minimum Gasteiger partial charge on any atom is -0.240 e. The van der Waals surface area contributed by atoms with E-state index in [2.05, 4.69) is 57.4 Å². The third-order valence-corrected chi connectivity index (χ3v) is 3.20. The summed E-state index contributed by atoms with van der Waals surface area (Å²) in [7, 11) is 0. The molecule has 3 rings (SSSR count). The molecule has 88 valence electrons. The van der Waals surface area contributed by atoms with Crippen molar-refractivity contribution < 1.29 is 0 Å². The number of aromatic nitrogens is 2. The Bertz CT molecular complexity index is 642. The number of benzene rings is 2. The molecular weight excluding hydrogens is 288 g/mol. The van der Waals surface area contributed by atoms with Crippen LogP contribution in [0.15, 0.2) is 71.5 Å². The molecule has 0 unspecified atom stereocenters. The Morgan fingerprint density at radius 1 is 0.833 bits per heavy atom. The number of halogens is 1. The lowest BCUT2D eigenvalue weighted by molar-refractivity contribution is 0.880. The third-order valence-electron chi connectivity index (χ3n) is 2.79. The predicted molar refractivity (Wildman–Crippen MR) is 76.7 cm³/mol. The van der Waals surface area contributed by atoms with Crippen LogP contribution in [0.3, 0.4) is 0 Å². The van der Waals surface area contributed by atoms with Gasteiger partial charge in [-0.25, -0.2) is 4.68 Å². The van der Waals surface area contributed by atoms with Crippen molar-refractivity contribution in [2.45, 2.75) is 0 Å². The van der Waals surface area contributed by atoms with Crippen molar-refractivity contribution in [2.75, 3.05) is 0 Å². The minimum absolute atomic E-state index is 0.981. The van der Waals surface area contributed by atoms with Crippen molar-refractivity contribution in [2.24, 2.45) is 0 Å². The summed E-state index contributed by atoms with van der Waals surface area (Å²) in [5.74, 6) is 0. The smallest absolute Gasteiger partial charge is 0.0646 e. The first-order valence-corrected chi connectivity index (χ1v) is 6.48. The van der Waals surface area contributed by atoms with E-state index in [-0.39, 0.29) is 0 Å². The molecule has 0 spiro atoms.